The van der Waals surface area contributed by atoms with E-state index in [4.69, 9.17) is 15.6 Å². The van der Waals surface area contributed by atoms with Gasteiger partial charge in [0.05, 0.1) is 47.7 Å². The van der Waals surface area contributed by atoms with Gasteiger partial charge >= 0.3 is 0 Å². The summed E-state index contributed by atoms with van der Waals surface area (Å²) in [6.07, 6.45) is 13.4. The third-order valence-corrected chi connectivity index (χ3v) is 8.74. The van der Waals surface area contributed by atoms with Gasteiger partial charge in [0.15, 0.2) is 5.89 Å². The molecule has 0 bridgehead atoms. The van der Waals surface area contributed by atoms with Crippen LogP contribution in [0.1, 0.15) is 83.2 Å². The summed E-state index contributed by atoms with van der Waals surface area (Å²) in [5.41, 5.74) is -0.685. The normalized spacial score (nSPS) is 37.0. The van der Waals surface area contributed by atoms with Crippen molar-refractivity contribution in [3.05, 3.63) is 23.9 Å². The fraction of sp³-hybridized carbons (Fsp3) is 0.690. The molecule has 7 unspecified atom stereocenters. The Labute approximate surface area is 219 Å². The number of oxazole rings is 1. The standard InChI is InChI=1S/C29H40N2O6/c1-5-8-22-26(34)18(2)9-6-12-28(4)24(37-28)15-20(10-11-21-17-36-19(3)30-21)31-25(33)16-23(32)29(27(22)35)13-7-14-29/h1,10-11,17-18,20,22-24,26,32,34H,6-9,12-16H2,2-4H3,(H,31,33)/b11-10+. The van der Waals surface area contributed by atoms with Gasteiger partial charge in [0, 0.05) is 19.8 Å². The number of aromatic nitrogens is 1. The SMILES string of the molecule is C#CCC1C(=O)C2(CCC2)C(O)CC(=O)NC(/C=C/c2coc(C)n2)CC2OC2(C)CCCC(C)C1O. The van der Waals surface area contributed by atoms with Crippen molar-refractivity contribution in [1.82, 2.24) is 10.3 Å². The van der Waals surface area contributed by atoms with Gasteiger partial charge in [0.1, 0.15) is 17.7 Å². The van der Waals surface area contributed by atoms with Crippen molar-refractivity contribution in [2.45, 2.75) is 109 Å². The highest BCUT2D eigenvalue weighted by Gasteiger charge is 2.54. The topological polar surface area (TPSA) is 125 Å². The lowest BCUT2D eigenvalue weighted by molar-refractivity contribution is -0.155. The van der Waals surface area contributed by atoms with Gasteiger partial charge in [-0.25, -0.2) is 4.98 Å². The number of aliphatic hydroxyl groups is 2. The van der Waals surface area contributed by atoms with Crippen LogP contribution in [0.3, 0.4) is 0 Å². The van der Waals surface area contributed by atoms with Crippen LogP contribution >= 0.6 is 0 Å². The lowest BCUT2D eigenvalue weighted by atomic mass is 9.58. The van der Waals surface area contributed by atoms with Gasteiger partial charge in [-0.15, -0.1) is 12.3 Å². The summed E-state index contributed by atoms with van der Waals surface area (Å²) >= 11 is 0. The molecule has 3 heterocycles. The van der Waals surface area contributed by atoms with Gasteiger partial charge in [-0.1, -0.05) is 25.8 Å². The number of aryl methyl sites for hydroxylation is 1. The molecule has 0 radical (unpaired) electrons. The number of nitrogens with zero attached hydrogens (tertiary/aromatic N) is 1. The minimum Gasteiger partial charge on any atom is -0.449 e. The first-order valence-corrected chi connectivity index (χ1v) is 13.5. The van der Waals surface area contributed by atoms with Crippen molar-refractivity contribution in [3.63, 3.8) is 0 Å². The highest BCUT2D eigenvalue weighted by atomic mass is 16.6. The average Bonchev–Trinajstić information content (AvgIpc) is 3.23. The van der Waals surface area contributed by atoms with Gasteiger partial charge in [0.25, 0.3) is 0 Å². The maximum atomic E-state index is 13.7. The number of rotatable bonds is 3. The van der Waals surface area contributed by atoms with Crippen molar-refractivity contribution in [3.8, 4) is 12.3 Å². The van der Waals surface area contributed by atoms with Crippen LogP contribution in [0.25, 0.3) is 6.08 Å². The van der Waals surface area contributed by atoms with Crippen LogP contribution in [0.15, 0.2) is 16.8 Å². The highest BCUT2D eigenvalue weighted by molar-refractivity contribution is 5.90. The van der Waals surface area contributed by atoms with Crippen LogP contribution in [-0.4, -0.2) is 56.8 Å². The predicted molar refractivity (Wildman–Crippen MR) is 138 cm³/mol. The molecule has 2 aliphatic heterocycles. The first-order chi connectivity index (χ1) is 17.6. The van der Waals surface area contributed by atoms with E-state index in [0.29, 0.717) is 30.8 Å². The lowest BCUT2D eigenvalue weighted by Gasteiger charge is -2.46. The minimum absolute atomic E-state index is 0.0201. The van der Waals surface area contributed by atoms with Crippen molar-refractivity contribution >= 4 is 17.8 Å². The van der Waals surface area contributed by atoms with Gasteiger partial charge in [-0.05, 0) is 44.6 Å². The second-order valence-corrected chi connectivity index (χ2v) is 11.4. The molecule has 37 heavy (non-hydrogen) atoms. The van der Waals surface area contributed by atoms with E-state index in [-0.39, 0.29) is 48.2 Å². The molecule has 3 aliphatic rings. The summed E-state index contributed by atoms with van der Waals surface area (Å²) in [6, 6.07) is -0.334. The summed E-state index contributed by atoms with van der Waals surface area (Å²) in [6.45, 7) is 5.78. The number of carbonyl (C=O) groups is 2. The molecule has 0 aromatic carbocycles. The number of ether oxygens (including phenoxy) is 1. The first kappa shape index (κ1) is 27.6. The number of hydrogen-bond acceptors (Lipinski definition) is 7. The van der Waals surface area contributed by atoms with Crippen molar-refractivity contribution in [2.24, 2.45) is 17.3 Å². The zero-order valence-corrected chi connectivity index (χ0v) is 22.1. The van der Waals surface area contributed by atoms with E-state index >= 15 is 0 Å². The number of aliphatic hydroxyl groups excluding tert-OH is 2. The van der Waals surface area contributed by atoms with Crippen LogP contribution in [0.2, 0.25) is 0 Å². The molecule has 2 saturated heterocycles. The number of nitrogens with one attached hydrogen (secondary N) is 1. The van der Waals surface area contributed by atoms with Gasteiger partial charge < -0.3 is 24.7 Å². The highest BCUT2D eigenvalue weighted by Crippen LogP contribution is 2.49. The Hall–Kier alpha value is -2.47. The van der Waals surface area contributed by atoms with E-state index in [1.165, 1.54) is 0 Å². The molecule has 3 N–H and O–H groups in total. The van der Waals surface area contributed by atoms with Crippen molar-refractivity contribution in [2.75, 3.05) is 0 Å². The van der Waals surface area contributed by atoms with E-state index in [2.05, 4.69) is 23.1 Å². The van der Waals surface area contributed by atoms with Crippen LogP contribution in [-0.2, 0) is 14.3 Å². The fourth-order valence-corrected chi connectivity index (χ4v) is 6.04. The molecule has 1 aromatic rings. The molecule has 4 rings (SSSR count). The Bertz CT molecular complexity index is 1050. The molecule has 8 heteroatoms. The predicted octanol–water partition coefficient (Wildman–Crippen LogP) is 3.34. The zero-order valence-electron chi connectivity index (χ0n) is 22.1. The maximum Gasteiger partial charge on any atom is 0.223 e. The van der Waals surface area contributed by atoms with Gasteiger partial charge in [0.2, 0.25) is 5.91 Å². The molecular formula is C29H40N2O6. The molecular weight excluding hydrogens is 472 g/mol. The van der Waals surface area contributed by atoms with E-state index in [1.807, 2.05) is 13.0 Å². The molecule has 8 nitrogen and oxygen atoms in total. The van der Waals surface area contributed by atoms with Crippen LogP contribution in [0.5, 0.6) is 0 Å². The molecule has 1 aromatic heterocycles. The van der Waals surface area contributed by atoms with E-state index in [1.54, 1.807) is 19.3 Å². The van der Waals surface area contributed by atoms with Crippen LogP contribution < -0.4 is 5.32 Å². The Kier molecular flexibility index (Phi) is 8.27. The molecule has 1 spiro atoms. The quantitative estimate of drug-likeness (QED) is 0.419. The first-order valence-electron chi connectivity index (χ1n) is 13.5. The number of fused-ring (bicyclic) bond motifs is 1. The summed E-state index contributed by atoms with van der Waals surface area (Å²) < 4.78 is 11.3. The minimum atomic E-state index is -1.14. The number of Topliss-reactive ketones (excluding diaryl/α,β-unsaturated/α-hetero) is 1. The number of amides is 1. The summed E-state index contributed by atoms with van der Waals surface area (Å²) in [7, 11) is 0. The summed E-state index contributed by atoms with van der Waals surface area (Å²) in [5, 5.41) is 25.3. The molecule has 7 atom stereocenters. The Morgan fingerprint density at radius 3 is 2.65 bits per heavy atom. The number of epoxide rings is 1. The van der Waals surface area contributed by atoms with Gasteiger partial charge in [-0.2, -0.15) is 0 Å². The van der Waals surface area contributed by atoms with E-state index in [9.17, 15) is 19.8 Å². The van der Waals surface area contributed by atoms with E-state index < -0.39 is 23.5 Å². The Morgan fingerprint density at radius 2 is 2.03 bits per heavy atom. The molecule has 1 saturated carbocycles. The summed E-state index contributed by atoms with van der Waals surface area (Å²) in [4.78, 5) is 31.1. The Balaban J connectivity index is 1.57. The lowest BCUT2D eigenvalue weighted by Crippen LogP contribution is -2.54. The fourth-order valence-electron chi connectivity index (χ4n) is 6.04. The van der Waals surface area contributed by atoms with Crippen molar-refractivity contribution < 1.29 is 29.0 Å². The second kappa shape index (κ2) is 11.1. The number of ketones is 1. The molecule has 1 amide bonds. The Morgan fingerprint density at radius 1 is 1.27 bits per heavy atom. The largest absolute Gasteiger partial charge is 0.449 e. The third kappa shape index (κ3) is 6.00. The smallest absolute Gasteiger partial charge is 0.223 e. The number of carbonyl (C=O) groups excluding carboxylic acids is 2. The van der Waals surface area contributed by atoms with Gasteiger partial charge in [-0.3, -0.25) is 9.59 Å². The van der Waals surface area contributed by atoms with Crippen LogP contribution in [0.4, 0.5) is 0 Å². The number of hydrogen-bond donors (Lipinski definition) is 3. The third-order valence-electron chi connectivity index (χ3n) is 8.74. The van der Waals surface area contributed by atoms with E-state index in [0.717, 1.165) is 25.7 Å². The number of terminal acetylenes is 1. The average molecular weight is 513 g/mol. The molecule has 202 valence electrons. The second-order valence-electron chi connectivity index (χ2n) is 11.4. The van der Waals surface area contributed by atoms with Crippen molar-refractivity contribution in [1.29, 1.82) is 0 Å². The maximum absolute atomic E-state index is 13.7. The monoisotopic (exact) mass is 512 g/mol. The van der Waals surface area contributed by atoms with Crippen LogP contribution in [0, 0.1) is 36.5 Å². The zero-order chi connectivity index (χ0) is 26.8. The molecule has 3 fully saturated rings. The molecule has 1 aliphatic carbocycles. The summed E-state index contributed by atoms with van der Waals surface area (Å²) in [5.74, 6) is 1.68.